The van der Waals surface area contributed by atoms with E-state index < -0.39 is 0 Å². The summed E-state index contributed by atoms with van der Waals surface area (Å²) in [5.41, 5.74) is 3.61. The molecule has 0 spiro atoms. The van der Waals surface area contributed by atoms with Crippen LogP contribution in [0.3, 0.4) is 0 Å². The molecule has 1 aliphatic rings. The van der Waals surface area contributed by atoms with Gasteiger partial charge in [0.05, 0.1) is 17.8 Å². The Labute approximate surface area is 168 Å². The van der Waals surface area contributed by atoms with Crippen LogP contribution in [0.2, 0.25) is 5.02 Å². The van der Waals surface area contributed by atoms with Crippen molar-refractivity contribution in [3.8, 4) is 11.8 Å². The van der Waals surface area contributed by atoms with E-state index in [0.717, 1.165) is 22.3 Å². The number of nitrogens with one attached hydrogen (secondary N) is 2. The normalized spacial score (nSPS) is 11.7. The van der Waals surface area contributed by atoms with E-state index in [-0.39, 0.29) is 12.5 Å². The molecule has 0 atom stereocenters. The number of halogens is 1. The second kappa shape index (κ2) is 8.59. The molecule has 28 heavy (non-hydrogen) atoms. The first-order chi connectivity index (χ1) is 13.5. The summed E-state index contributed by atoms with van der Waals surface area (Å²) in [5, 5.41) is 16.4. The van der Waals surface area contributed by atoms with E-state index in [4.69, 9.17) is 16.3 Å². The fraction of sp³-hybridized carbons (Fsp3) is 0.190. The lowest BCUT2D eigenvalue weighted by Gasteiger charge is -2.13. The topological polar surface area (TPSA) is 96.9 Å². The van der Waals surface area contributed by atoms with Crippen LogP contribution in [-0.4, -0.2) is 24.5 Å². The molecular weight excluding hydrogens is 376 g/mol. The number of fused-ring (bicyclic) bond motifs is 1. The van der Waals surface area contributed by atoms with E-state index in [1.165, 1.54) is 0 Å². The molecule has 0 unspecified atom stereocenters. The molecule has 2 N–H and O–H groups in total. The number of aryl methyl sites for hydroxylation is 1. The number of ether oxygens (including phenoxy) is 1. The van der Waals surface area contributed by atoms with Crippen LogP contribution in [0.25, 0.3) is 10.9 Å². The van der Waals surface area contributed by atoms with Gasteiger partial charge in [0.25, 0.3) is 0 Å². The number of rotatable bonds is 4. The van der Waals surface area contributed by atoms with Gasteiger partial charge in [0, 0.05) is 28.7 Å². The molecule has 1 aromatic heterocycles. The van der Waals surface area contributed by atoms with Gasteiger partial charge in [-0.25, -0.2) is 4.98 Å². The van der Waals surface area contributed by atoms with Gasteiger partial charge in [-0.1, -0.05) is 29.8 Å². The van der Waals surface area contributed by atoms with Crippen molar-refractivity contribution in [1.82, 2.24) is 10.3 Å². The van der Waals surface area contributed by atoms with E-state index in [9.17, 15) is 10.1 Å². The third kappa shape index (κ3) is 4.51. The average Bonchev–Trinajstić information content (AvgIpc) is 3.49. The standard InChI is InChI=1S/C19H16ClN3O.C2H3NO/c1-12-6-7-13-4-3-5-18(19(13)23-12)24-11-15-14(10-21)17(22-2)9-8-16(15)20;4-2-1-3-2/h3-9,22H,11H2,1-2H3;1H2,(H,3,4). The minimum Gasteiger partial charge on any atom is -0.487 e. The Balaban J connectivity index is 0.000000500. The molecule has 7 heteroatoms. The number of hydrogen-bond acceptors (Lipinski definition) is 5. The predicted molar refractivity (Wildman–Crippen MR) is 110 cm³/mol. The summed E-state index contributed by atoms with van der Waals surface area (Å²) in [7, 11) is 1.77. The molecule has 2 heterocycles. The monoisotopic (exact) mass is 394 g/mol. The summed E-state index contributed by atoms with van der Waals surface area (Å²) in [6, 6.07) is 15.5. The molecule has 1 aliphatic heterocycles. The Hall–Kier alpha value is -3.30. The van der Waals surface area contributed by atoms with Gasteiger partial charge in [0.2, 0.25) is 5.91 Å². The second-order valence-corrected chi connectivity index (χ2v) is 6.56. The lowest BCUT2D eigenvalue weighted by atomic mass is 10.1. The van der Waals surface area contributed by atoms with E-state index in [2.05, 4.69) is 21.7 Å². The Kier molecular flexibility index (Phi) is 5.97. The fourth-order valence-corrected chi connectivity index (χ4v) is 2.83. The quantitative estimate of drug-likeness (QED) is 0.656. The molecule has 0 bridgehead atoms. The van der Waals surface area contributed by atoms with Gasteiger partial charge in [0.15, 0.2) is 0 Å². The van der Waals surface area contributed by atoms with Gasteiger partial charge < -0.3 is 15.4 Å². The summed E-state index contributed by atoms with van der Waals surface area (Å²) in [6.07, 6.45) is 0. The van der Waals surface area contributed by atoms with Crippen molar-refractivity contribution in [3.63, 3.8) is 0 Å². The summed E-state index contributed by atoms with van der Waals surface area (Å²) in [4.78, 5) is 14.0. The summed E-state index contributed by atoms with van der Waals surface area (Å²) < 4.78 is 5.96. The highest BCUT2D eigenvalue weighted by atomic mass is 35.5. The summed E-state index contributed by atoms with van der Waals surface area (Å²) in [5.74, 6) is 0.839. The first-order valence-electron chi connectivity index (χ1n) is 8.68. The molecule has 2 aromatic carbocycles. The van der Waals surface area contributed by atoms with Gasteiger partial charge in [-0.2, -0.15) is 5.26 Å². The third-order valence-electron chi connectivity index (χ3n) is 4.15. The number of carbonyl (C=O) groups is 1. The Morgan fingerprint density at radius 3 is 2.68 bits per heavy atom. The number of aromatic nitrogens is 1. The van der Waals surface area contributed by atoms with E-state index >= 15 is 0 Å². The molecule has 3 aromatic rings. The molecule has 0 radical (unpaired) electrons. The minimum absolute atomic E-state index is 0.167. The maximum atomic E-state index is 9.44. The molecule has 0 saturated carbocycles. The lowest BCUT2D eigenvalue weighted by Crippen LogP contribution is -2.03. The van der Waals surface area contributed by atoms with E-state index in [1.54, 1.807) is 19.2 Å². The van der Waals surface area contributed by atoms with Gasteiger partial charge in [-0.05, 0) is 31.2 Å². The number of nitrogens with zero attached hydrogens (tertiary/aromatic N) is 2. The highest BCUT2D eigenvalue weighted by Gasteiger charge is 2.13. The second-order valence-electron chi connectivity index (χ2n) is 6.16. The van der Waals surface area contributed by atoms with Crippen LogP contribution >= 0.6 is 11.6 Å². The third-order valence-corrected chi connectivity index (χ3v) is 4.51. The van der Waals surface area contributed by atoms with Crippen molar-refractivity contribution in [2.45, 2.75) is 13.5 Å². The maximum absolute atomic E-state index is 9.44. The molecule has 142 valence electrons. The van der Waals surface area contributed by atoms with E-state index in [1.807, 2.05) is 37.3 Å². The number of anilines is 1. The van der Waals surface area contributed by atoms with Crippen LogP contribution in [0.15, 0.2) is 42.5 Å². The SMILES string of the molecule is CNc1ccc(Cl)c(COc2cccc3ccc(C)nc23)c1C#N.O=C1CN1. The Morgan fingerprint density at radius 2 is 2.04 bits per heavy atom. The molecular formula is C21H19ClN4O2. The van der Waals surface area contributed by atoms with Crippen LogP contribution in [0.1, 0.15) is 16.8 Å². The summed E-state index contributed by atoms with van der Waals surface area (Å²) in [6.45, 7) is 2.74. The van der Waals surface area contributed by atoms with Crippen LogP contribution in [-0.2, 0) is 11.4 Å². The van der Waals surface area contributed by atoms with Crippen LogP contribution in [0.4, 0.5) is 5.69 Å². The highest BCUT2D eigenvalue weighted by Crippen LogP contribution is 2.29. The number of carbonyl (C=O) groups excluding carboxylic acids is 1. The Bertz CT molecular complexity index is 1070. The number of pyridine rings is 1. The molecule has 1 saturated heterocycles. The van der Waals surface area contributed by atoms with Gasteiger partial charge in [-0.3, -0.25) is 4.79 Å². The van der Waals surface area contributed by atoms with Crippen molar-refractivity contribution in [1.29, 1.82) is 5.26 Å². The van der Waals surface area contributed by atoms with Crippen molar-refractivity contribution in [3.05, 3.63) is 64.3 Å². The van der Waals surface area contributed by atoms with Crippen molar-refractivity contribution in [2.75, 3.05) is 18.9 Å². The van der Waals surface area contributed by atoms with Crippen molar-refractivity contribution in [2.24, 2.45) is 0 Å². The number of benzene rings is 2. The predicted octanol–water partition coefficient (Wildman–Crippen LogP) is 3.81. The van der Waals surface area contributed by atoms with Crippen LogP contribution in [0.5, 0.6) is 5.75 Å². The molecule has 6 nitrogen and oxygen atoms in total. The molecule has 4 rings (SSSR count). The molecule has 1 fully saturated rings. The molecule has 1 amide bonds. The largest absolute Gasteiger partial charge is 0.487 e. The van der Waals surface area contributed by atoms with Gasteiger partial charge in [0.1, 0.15) is 23.9 Å². The smallest absolute Gasteiger partial charge is 0.239 e. The fourth-order valence-electron chi connectivity index (χ4n) is 2.62. The van der Waals surface area contributed by atoms with Gasteiger partial charge in [-0.15, -0.1) is 0 Å². The van der Waals surface area contributed by atoms with Gasteiger partial charge >= 0.3 is 0 Å². The minimum atomic E-state index is 0.167. The van der Waals surface area contributed by atoms with Crippen LogP contribution < -0.4 is 15.4 Å². The number of hydrogen-bond donors (Lipinski definition) is 2. The average molecular weight is 395 g/mol. The zero-order chi connectivity index (χ0) is 20.1. The number of para-hydroxylation sites is 1. The number of nitriles is 1. The highest BCUT2D eigenvalue weighted by molar-refractivity contribution is 6.31. The first kappa shape index (κ1) is 19.5. The zero-order valence-corrected chi connectivity index (χ0v) is 16.3. The lowest BCUT2D eigenvalue weighted by molar-refractivity contribution is -0.110. The van der Waals surface area contributed by atoms with Crippen molar-refractivity contribution < 1.29 is 9.53 Å². The van der Waals surface area contributed by atoms with Crippen LogP contribution in [0, 0.1) is 18.3 Å². The first-order valence-corrected chi connectivity index (χ1v) is 9.06. The number of amides is 1. The summed E-state index contributed by atoms with van der Waals surface area (Å²) >= 11 is 6.27. The zero-order valence-electron chi connectivity index (χ0n) is 15.5. The molecule has 0 aliphatic carbocycles. The van der Waals surface area contributed by atoms with Crippen molar-refractivity contribution >= 4 is 34.1 Å². The Morgan fingerprint density at radius 1 is 1.29 bits per heavy atom. The van der Waals surface area contributed by atoms with E-state index in [0.29, 0.717) is 28.4 Å². The maximum Gasteiger partial charge on any atom is 0.239 e.